The van der Waals surface area contributed by atoms with E-state index in [9.17, 15) is 4.79 Å². The molecule has 1 aromatic rings. The van der Waals surface area contributed by atoms with Crippen LogP contribution in [0.3, 0.4) is 0 Å². The molecule has 0 aromatic carbocycles. The highest BCUT2D eigenvalue weighted by atomic mass is 16.3. The molecule has 94 valence electrons. The molecule has 1 aliphatic rings. The van der Waals surface area contributed by atoms with Gasteiger partial charge in [0.15, 0.2) is 0 Å². The fraction of sp³-hybridized carbons (Fsp3) is 0.643. The first-order valence-electron chi connectivity index (χ1n) is 6.44. The van der Waals surface area contributed by atoms with Crippen LogP contribution in [0.5, 0.6) is 0 Å². The van der Waals surface area contributed by atoms with E-state index in [1.165, 1.54) is 0 Å². The van der Waals surface area contributed by atoms with Gasteiger partial charge in [0.05, 0.1) is 0 Å². The van der Waals surface area contributed by atoms with Crippen molar-refractivity contribution in [2.45, 2.75) is 52.0 Å². The summed E-state index contributed by atoms with van der Waals surface area (Å²) >= 11 is 0. The Morgan fingerprint density at radius 3 is 2.59 bits per heavy atom. The highest BCUT2D eigenvalue weighted by Crippen LogP contribution is 2.32. The Kier molecular flexibility index (Phi) is 3.27. The third-order valence-electron chi connectivity index (χ3n) is 3.85. The first-order valence-corrected chi connectivity index (χ1v) is 6.44. The van der Waals surface area contributed by atoms with Gasteiger partial charge in [0.25, 0.3) is 0 Å². The summed E-state index contributed by atoms with van der Waals surface area (Å²) in [7, 11) is 0. The molecule has 1 aliphatic heterocycles. The van der Waals surface area contributed by atoms with E-state index in [2.05, 4.69) is 26.1 Å². The second-order valence-electron chi connectivity index (χ2n) is 5.26. The van der Waals surface area contributed by atoms with Crippen molar-refractivity contribution in [2.24, 2.45) is 5.92 Å². The largest absolute Gasteiger partial charge is 0.466 e. The molecule has 1 unspecified atom stereocenters. The van der Waals surface area contributed by atoms with E-state index >= 15 is 0 Å². The molecular weight excluding hydrogens is 214 g/mol. The molecule has 1 N–H and O–H groups in total. The summed E-state index contributed by atoms with van der Waals surface area (Å²) in [5.41, 5.74) is -0.111. The minimum atomic E-state index is -0.111. The summed E-state index contributed by atoms with van der Waals surface area (Å²) in [6.45, 7) is 6.41. The van der Waals surface area contributed by atoms with Gasteiger partial charge in [-0.05, 0) is 24.5 Å². The highest BCUT2D eigenvalue weighted by molar-refractivity contribution is 5.79. The van der Waals surface area contributed by atoms with Crippen LogP contribution in [0.4, 0.5) is 0 Å². The maximum absolute atomic E-state index is 11.5. The van der Waals surface area contributed by atoms with Crippen LogP contribution in [-0.2, 0) is 17.6 Å². The zero-order valence-electron chi connectivity index (χ0n) is 10.9. The molecule has 0 radical (unpaired) electrons. The third-order valence-corrected chi connectivity index (χ3v) is 3.85. The van der Waals surface area contributed by atoms with E-state index in [1.54, 1.807) is 0 Å². The second kappa shape index (κ2) is 4.55. The van der Waals surface area contributed by atoms with Gasteiger partial charge in [-0.25, -0.2) is 0 Å². The molecule has 0 spiro atoms. The maximum Gasteiger partial charge on any atom is 0.220 e. The van der Waals surface area contributed by atoms with Crippen LogP contribution < -0.4 is 5.32 Å². The van der Waals surface area contributed by atoms with Crippen LogP contribution in [0.2, 0.25) is 0 Å². The van der Waals surface area contributed by atoms with Crippen LogP contribution in [0.25, 0.3) is 0 Å². The van der Waals surface area contributed by atoms with Crippen molar-refractivity contribution in [3.8, 4) is 0 Å². The topological polar surface area (TPSA) is 42.2 Å². The molecule has 0 bridgehead atoms. The van der Waals surface area contributed by atoms with E-state index in [0.29, 0.717) is 12.3 Å². The number of furan rings is 1. The Balaban J connectivity index is 2.16. The van der Waals surface area contributed by atoms with E-state index in [-0.39, 0.29) is 11.4 Å². The minimum absolute atomic E-state index is 0.111. The van der Waals surface area contributed by atoms with Gasteiger partial charge in [-0.1, -0.05) is 20.8 Å². The lowest BCUT2D eigenvalue weighted by atomic mass is 9.81. The summed E-state index contributed by atoms with van der Waals surface area (Å²) < 4.78 is 5.75. The number of nitrogens with one attached hydrogen (secondary N) is 1. The number of hydrogen-bond acceptors (Lipinski definition) is 2. The fourth-order valence-electron chi connectivity index (χ4n) is 2.53. The van der Waals surface area contributed by atoms with Crippen LogP contribution in [0.1, 0.15) is 45.1 Å². The van der Waals surface area contributed by atoms with Crippen molar-refractivity contribution >= 4 is 5.91 Å². The molecular formula is C14H21NO2. The average molecular weight is 235 g/mol. The van der Waals surface area contributed by atoms with Gasteiger partial charge in [0.1, 0.15) is 11.5 Å². The molecule has 17 heavy (non-hydrogen) atoms. The lowest BCUT2D eigenvalue weighted by Gasteiger charge is -2.32. The van der Waals surface area contributed by atoms with Crippen molar-refractivity contribution in [1.82, 2.24) is 5.32 Å². The maximum atomic E-state index is 11.5. The van der Waals surface area contributed by atoms with Crippen molar-refractivity contribution in [3.05, 3.63) is 23.7 Å². The zero-order valence-corrected chi connectivity index (χ0v) is 10.9. The second-order valence-corrected chi connectivity index (χ2v) is 5.26. The summed E-state index contributed by atoms with van der Waals surface area (Å²) in [6, 6.07) is 4.06. The van der Waals surface area contributed by atoms with E-state index in [1.807, 2.05) is 12.1 Å². The van der Waals surface area contributed by atoms with Crippen LogP contribution in [-0.4, -0.2) is 11.4 Å². The van der Waals surface area contributed by atoms with Gasteiger partial charge >= 0.3 is 0 Å². The smallest absolute Gasteiger partial charge is 0.220 e. The molecule has 0 saturated carbocycles. The predicted octanol–water partition coefficient (Wildman–Crippen LogP) is 2.69. The normalized spacial score (nSPS) is 24.4. The molecule has 0 aliphatic carbocycles. The van der Waals surface area contributed by atoms with E-state index in [0.717, 1.165) is 30.8 Å². The Labute approximate surface area is 103 Å². The standard InChI is InChI=1S/C14H21NO2/c1-4-11-5-6-12(17-11)9-14(10(2)3)8-7-13(16)15-14/h5-6,10H,4,7-9H2,1-3H3,(H,15,16). The van der Waals surface area contributed by atoms with Gasteiger partial charge in [0.2, 0.25) is 5.91 Å². The van der Waals surface area contributed by atoms with Crippen molar-refractivity contribution in [2.75, 3.05) is 0 Å². The number of aryl methyl sites for hydroxylation is 1. The molecule has 2 rings (SSSR count). The summed E-state index contributed by atoms with van der Waals surface area (Å²) in [6.07, 6.45) is 3.27. The Bertz CT molecular complexity index is 408. The average Bonchev–Trinajstić information content (AvgIpc) is 2.87. The first-order chi connectivity index (χ1) is 8.05. The van der Waals surface area contributed by atoms with Crippen LogP contribution >= 0.6 is 0 Å². The quantitative estimate of drug-likeness (QED) is 0.871. The summed E-state index contributed by atoms with van der Waals surface area (Å²) in [4.78, 5) is 11.5. The lowest BCUT2D eigenvalue weighted by molar-refractivity contribution is -0.120. The molecule has 3 nitrogen and oxygen atoms in total. The molecule has 1 saturated heterocycles. The predicted molar refractivity (Wildman–Crippen MR) is 66.7 cm³/mol. The fourth-order valence-corrected chi connectivity index (χ4v) is 2.53. The number of amides is 1. The summed E-state index contributed by atoms with van der Waals surface area (Å²) in [5.74, 6) is 2.59. The van der Waals surface area contributed by atoms with Crippen molar-refractivity contribution in [3.63, 3.8) is 0 Å². The molecule has 3 heteroatoms. The zero-order chi connectivity index (χ0) is 12.5. The summed E-state index contributed by atoms with van der Waals surface area (Å²) in [5, 5.41) is 3.14. The van der Waals surface area contributed by atoms with Gasteiger partial charge in [-0.15, -0.1) is 0 Å². The number of rotatable bonds is 4. The van der Waals surface area contributed by atoms with E-state index < -0.39 is 0 Å². The monoisotopic (exact) mass is 235 g/mol. The Morgan fingerprint density at radius 1 is 1.41 bits per heavy atom. The number of carbonyl (C=O) groups is 1. The van der Waals surface area contributed by atoms with Gasteiger partial charge < -0.3 is 9.73 Å². The molecule has 2 heterocycles. The SMILES string of the molecule is CCc1ccc(CC2(C(C)C)CCC(=O)N2)o1. The Hall–Kier alpha value is -1.25. The Morgan fingerprint density at radius 2 is 2.12 bits per heavy atom. The molecule has 1 aromatic heterocycles. The van der Waals surface area contributed by atoms with Crippen molar-refractivity contribution < 1.29 is 9.21 Å². The van der Waals surface area contributed by atoms with E-state index in [4.69, 9.17) is 4.42 Å². The minimum Gasteiger partial charge on any atom is -0.466 e. The van der Waals surface area contributed by atoms with Gasteiger partial charge in [-0.2, -0.15) is 0 Å². The van der Waals surface area contributed by atoms with Crippen LogP contribution in [0.15, 0.2) is 16.5 Å². The van der Waals surface area contributed by atoms with Crippen molar-refractivity contribution in [1.29, 1.82) is 0 Å². The number of hydrogen-bond donors (Lipinski definition) is 1. The highest BCUT2D eigenvalue weighted by Gasteiger charge is 2.41. The number of carbonyl (C=O) groups excluding carboxylic acids is 1. The molecule has 1 fully saturated rings. The molecule has 1 atom stereocenters. The van der Waals surface area contributed by atoms with Gasteiger partial charge in [-0.3, -0.25) is 4.79 Å². The lowest BCUT2D eigenvalue weighted by Crippen LogP contribution is -2.48. The first kappa shape index (κ1) is 12.2. The molecule has 1 amide bonds. The third kappa shape index (κ3) is 2.38. The van der Waals surface area contributed by atoms with Gasteiger partial charge in [0, 0.05) is 24.8 Å². The van der Waals surface area contributed by atoms with Crippen LogP contribution in [0, 0.1) is 5.92 Å².